The molecule has 0 bridgehead atoms. The standard InChI is InChI=1S/C21H20F3IN4O2/c1-12(29-20-16(26)8-15(25)10-28-20)14-4-5-17(18(7-14)30-2)31-11-13-3-6-19(27-9-13)21(22,23)24/h3-10,12H,11,26H2,1-2H3,(H,28,29). The summed E-state index contributed by atoms with van der Waals surface area (Å²) in [5, 5.41) is 3.26. The van der Waals surface area contributed by atoms with Crippen molar-refractivity contribution < 1.29 is 22.6 Å². The average Bonchev–Trinajstić information content (AvgIpc) is 2.73. The smallest absolute Gasteiger partial charge is 0.433 e. The third-order valence-electron chi connectivity index (χ3n) is 4.43. The zero-order valence-corrected chi connectivity index (χ0v) is 18.9. The van der Waals surface area contributed by atoms with Crippen LogP contribution in [0.3, 0.4) is 0 Å². The molecule has 0 aliphatic carbocycles. The largest absolute Gasteiger partial charge is 0.493 e. The Morgan fingerprint density at radius 1 is 1.10 bits per heavy atom. The summed E-state index contributed by atoms with van der Waals surface area (Å²) in [7, 11) is 1.52. The second-order valence-corrected chi connectivity index (χ2v) is 7.95. The van der Waals surface area contributed by atoms with E-state index < -0.39 is 11.9 Å². The minimum Gasteiger partial charge on any atom is -0.493 e. The molecule has 1 aromatic carbocycles. The molecule has 1 atom stereocenters. The first kappa shape index (κ1) is 22.9. The Labute approximate surface area is 191 Å². The van der Waals surface area contributed by atoms with Gasteiger partial charge in [-0.05, 0) is 59.3 Å². The molecule has 3 aromatic rings. The van der Waals surface area contributed by atoms with Crippen molar-refractivity contribution in [2.24, 2.45) is 0 Å². The number of nitrogen functional groups attached to an aromatic ring is 1. The topological polar surface area (TPSA) is 82.3 Å². The van der Waals surface area contributed by atoms with E-state index >= 15 is 0 Å². The predicted octanol–water partition coefficient (Wildman–Crippen LogP) is 5.44. The van der Waals surface area contributed by atoms with Gasteiger partial charge in [0, 0.05) is 21.5 Å². The van der Waals surface area contributed by atoms with Crippen LogP contribution in [0.2, 0.25) is 0 Å². The molecule has 0 saturated carbocycles. The highest BCUT2D eigenvalue weighted by Gasteiger charge is 2.32. The molecule has 10 heteroatoms. The van der Waals surface area contributed by atoms with E-state index in [1.807, 2.05) is 25.1 Å². The molecule has 2 heterocycles. The third kappa shape index (κ3) is 5.90. The Kier molecular flexibility index (Phi) is 7.08. The van der Waals surface area contributed by atoms with Crippen LogP contribution in [-0.4, -0.2) is 17.1 Å². The molecule has 0 radical (unpaired) electrons. The number of methoxy groups -OCH3 is 1. The molecule has 0 spiro atoms. The first-order valence-electron chi connectivity index (χ1n) is 9.18. The van der Waals surface area contributed by atoms with Crippen molar-refractivity contribution in [3.05, 3.63) is 69.2 Å². The average molecular weight is 544 g/mol. The van der Waals surface area contributed by atoms with Gasteiger partial charge in [-0.1, -0.05) is 12.1 Å². The molecule has 0 amide bonds. The number of aromatic nitrogens is 2. The zero-order valence-electron chi connectivity index (χ0n) is 16.7. The lowest BCUT2D eigenvalue weighted by molar-refractivity contribution is -0.141. The maximum Gasteiger partial charge on any atom is 0.433 e. The minimum atomic E-state index is -4.47. The van der Waals surface area contributed by atoms with Gasteiger partial charge in [0.15, 0.2) is 11.5 Å². The number of pyridine rings is 2. The summed E-state index contributed by atoms with van der Waals surface area (Å²) in [4.78, 5) is 7.75. The molecule has 2 aromatic heterocycles. The van der Waals surface area contributed by atoms with E-state index in [4.69, 9.17) is 15.2 Å². The molecule has 31 heavy (non-hydrogen) atoms. The Morgan fingerprint density at radius 2 is 1.87 bits per heavy atom. The maximum absolute atomic E-state index is 12.6. The summed E-state index contributed by atoms with van der Waals surface area (Å²) in [6.45, 7) is 2.01. The van der Waals surface area contributed by atoms with E-state index in [0.717, 1.165) is 21.4 Å². The van der Waals surface area contributed by atoms with Crippen LogP contribution in [0.25, 0.3) is 0 Å². The number of halogens is 4. The van der Waals surface area contributed by atoms with Crippen LogP contribution in [0.15, 0.2) is 48.8 Å². The molecule has 0 saturated heterocycles. The van der Waals surface area contributed by atoms with Crippen LogP contribution in [0, 0.1) is 3.57 Å². The number of alkyl halides is 3. The number of hydrogen-bond acceptors (Lipinski definition) is 6. The SMILES string of the molecule is COc1cc(C(C)Nc2ncc(I)cc2N)ccc1OCc1ccc(C(F)(F)F)nc1. The van der Waals surface area contributed by atoms with Crippen molar-refractivity contribution >= 4 is 34.1 Å². The lowest BCUT2D eigenvalue weighted by atomic mass is 10.1. The van der Waals surface area contributed by atoms with Crippen molar-refractivity contribution in [1.82, 2.24) is 9.97 Å². The fraction of sp³-hybridized carbons (Fsp3) is 0.238. The molecule has 3 rings (SSSR count). The van der Waals surface area contributed by atoms with Crippen LogP contribution in [0.1, 0.15) is 29.8 Å². The highest BCUT2D eigenvalue weighted by Crippen LogP contribution is 2.33. The number of nitrogens with zero attached hydrogens (tertiary/aromatic N) is 2. The van der Waals surface area contributed by atoms with Crippen molar-refractivity contribution in [2.75, 3.05) is 18.2 Å². The molecular formula is C21H20F3IN4O2. The highest BCUT2D eigenvalue weighted by molar-refractivity contribution is 14.1. The fourth-order valence-electron chi connectivity index (χ4n) is 2.78. The number of rotatable bonds is 7. The zero-order chi connectivity index (χ0) is 22.6. The number of anilines is 2. The van der Waals surface area contributed by atoms with Gasteiger partial charge in [0.25, 0.3) is 0 Å². The van der Waals surface area contributed by atoms with E-state index in [1.165, 1.54) is 13.2 Å². The highest BCUT2D eigenvalue weighted by atomic mass is 127. The summed E-state index contributed by atoms with van der Waals surface area (Å²) in [5.41, 5.74) is 7.05. The summed E-state index contributed by atoms with van der Waals surface area (Å²) >= 11 is 2.14. The Morgan fingerprint density at radius 3 is 2.48 bits per heavy atom. The van der Waals surface area contributed by atoms with E-state index in [-0.39, 0.29) is 12.6 Å². The number of benzene rings is 1. The van der Waals surface area contributed by atoms with Gasteiger partial charge in [0.05, 0.1) is 18.8 Å². The lowest BCUT2D eigenvalue weighted by Gasteiger charge is -2.18. The number of nitrogens with one attached hydrogen (secondary N) is 1. The van der Waals surface area contributed by atoms with E-state index in [1.54, 1.807) is 12.3 Å². The van der Waals surface area contributed by atoms with Crippen LogP contribution in [0.5, 0.6) is 11.5 Å². The molecule has 1 unspecified atom stereocenters. The molecule has 0 aliphatic rings. The van der Waals surface area contributed by atoms with Crippen LogP contribution in [-0.2, 0) is 12.8 Å². The summed E-state index contributed by atoms with van der Waals surface area (Å²) in [5.74, 6) is 1.54. The summed E-state index contributed by atoms with van der Waals surface area (Å²) in [6, 6.07) is 9.41. The Balaban J connectivity index is 1.69. The van der Waals surface area contributed by atoms with Crippen molar-refractivity contribution in [3.8, 4) is 11.5 Å². The third-order valence-corrected chi connectivity index (χ3v) is 5.02. The van der Waals surface area contributed by atoms with Gasteiger partial charge < -0.3 is 20.5 Å². The normalized spacial score (nSPS) is 12.3. The molecule has 6 nitrogen and oxygen atoms in total. The maximum atomic E-state index is 12.6. The molecule has 0 fully saturated rings. The van der Waals surface area contributed by atoms with Gasteiger partial charge in [-0.3, -0.25) is 4.98 Å². The summed E-state index contributed by atoms with van der Waals surface area (Å²) < 4.78 is 50.0. The fourth-order valence-corrected chi connectivity index (χ4v) is 3.25. The van der Waals surface area contributed by atoms with Gasteiger partial charge in [0.1, 0.15) is 18.1 Å². The Bertz CT molecular complexity index is 1050. The predicted molar refractivity (Wildman–Crippen MR) is 120 cm³/mol. The van der Waals surface area contributed by atoms with E-state index in [9.17, 15) is 13.2 Å². The lowest BCUT2D eigenvalue weighted by Crippen LogP contribution is -2.10. The second-order valence-electron chi connectivity index (χ2n) is 6.71. The first-order valence-corrected chi connectivity index (χ1v) is 10.3. The van der Waals surface area contributed by atoms with Gasteiger partial charge >= 0.3 is 6.18 Å². The van der Waals surface area contributed by atoms with Gasteiger partial charge in [0.2, 0.25) is 0 Å². The van der Waals surface area contributed by atoms with Crippen molar-refractivity contribution in [2.45, 2.75) is 25.7 Å². The number of hydrogen-bond donors (Lipinski definition) is 2. The Hall–Kier alpha value is -2.76. The van der Waals surface area contributed by atoms with Crippen molar-refractivity contribution in [1.29, 1.82) is 0 Å². The van der Waals surface area contributed by atoms with Gasteiger partial charge in [-0.2, -0.15) is 13.2 Å². The molecule has 164 valence electrons. The van der Waals surface area contributed by atoms with E-state index in [0.29, 0.717) is 28.6 Å². The minimum absolute atomic E-state index is 0.0533. The monoisotopic (exact) mass is 544 g/mol. The first-order chi connectivity index (χ1) is 14.7. The van der Waals surface area contributed by atoms with Crippen LogP contribution in [0.4, 0.5) is 24.7 Å². The van der Waals surface area contributed by atoms with Crippen molar-refractivity contribution in [3.63, 3.8) is 0 Å². The second kappa shape index (κ2) is 9.58. The van der Waals surface area contributed by atoms with Crippen LogP contribution >= 0.6 is 22.6 Å². The number of nitrogens with two attached hydrogens (primary N) is 1. The molecular weight excluding hydrogens is 524 g/mol. The quantitative estimate of drug-likeness (QED) is 0.386. The number of ether oxygens (including phenoxy) is 2. The van der Waals surface area contributed by atoms with Crippen LogP contribution < -0.4 is 20.5 Å². The molecule has 3 N–H and O–H groups in total. The van der Waals surface area contributed by atoms with Gasteiger partial charge in [-0.15, -0.1) is 0 Å². The molecule has 0 aliphatic heterocycles. The van der Waals surface area contributed by atoms with E-state index in [2.05, 4.69) is 37.9 Å². The van der Waals surface area contributed by atoms with Gasteiger partial charge in [-0.25, -0.2) is 4.98 Å². The summed E-state index contributed by atoms with van der Waals surface area (Å²) in [6.07, 6.45) is -1.60.